The Labute approximate surface area is 183 Å². The highest BCUT2D eigenvalue weighted by Crippen LogP contribution is 2.29. The van der Waals surface area contributed by atoms with Crippen molar-refractivity contribution in [3.05, 3.63) is 58.1 Å². The predicted octanol–water partition coefficient (Wildman–Crippen LogP) is 6.64. The van der Waals surface area contributed by atoms with Crippen LogP contribution in [0.5, 0.6) is 5.75 Å². The van der Waals surface area contributed by atoms with Crippen molar-refractivity contribution in [1.82, 2.24) is 0 Å². The molecule has 0 spiro atoms. The van der Waals surface area contributed by atoms with Crippen LogP contribution in [0.15, 0.2) is 30.3 Å². The Morgan fingerprint density at radius 2 is 1.57 bits per heavy atom. The Morgan fingerprint density at radius 1 is 0.900 bits per heavy atom. The zero-order valence-corrected chi connectivity index (χ0v) is 19.5. The lowest BCUT2D eigenvalue weighted by molar-refractivity contribution is 0.281. The molecule has 0 bridgehead atoms. The molecule has 0 amide bonds. The van der Waals surface area contributed by atoms with Crippen LogP contribution in [0.2, 0.25) is 0 Å². The Balaban J connectivity index is 2.31. The van der Waals surface area contributed by atoms with E-state index in [0.717, 1.165) is 42.0 Å². The van der Waals surface area contributed by atoms with Gasteiger partial charge < -0.3 is 14.7 Å². The first-order chi connectivity index (χ1) is 14.6. The Morgan fingerprint density at radius 3 is 2.13 bits per heavy atom. The molecule has 0 saturated heterocycles. The summed E-state index contributed by atoms with van der Waals surface area (Å²) >= 11 is 0. The van der Waals surface area contributed by atoms with Crippen molar-refractivity contribution in [1.29, 1.82) is 0 Å². The molecule has 2 rings (SSSR count). The van der Waals surface area contributed by atoms with Gasteiger partial charge in [-0.05, 0) is 60.6 Å². The maximum Gasteiger partial charge on any atom is 0.128 e. The molecule has 0 fully saturated rings. The normalized spacial score (nSPS) is 11.3. The predicted molar refractivity (Wildman–Crippen MR) is 130 cm³/mol. The van der Waals surface area contributed by atoms with Crippen LogP contribution in [0.1, 0.15) is 74.3 Å². The van der Waals surface area contributed by atoms with Crippen LogP contribution in [0.4, 0.5) is 5.69 Å². The minimum absolute atomic E-state index is 0.0880. The highest BCUT2D eigenvalue weighted by molar-refractivity contribution is 5.75. The van der Waals surface area contributed by atoms with Gasteiger partial charge in [-0.1, -0.05) is 57.9 Å². The third kappa shape index (κ3) is 6.37. The highest BCUT2D eigenvalue weighted by atomic mass is 16.5. The highest BCUT2D eigenvalue weighted by Gasteiger charge is 2.10. The maximum atomic E-state index is 9.55. The topological polar surface area (TPSA) is 32.7 Å². The van der Waals surface area contributed by atoms with E-state index >= 15 is 0 Å². The Bertz CT molecular complexity index is 818. The number of hydrogen-bond donors (Lipinski definition) is 1. The molecule has 0 aliphatic carbocycles. The summed E-state index contributed by atoms with van der Waals surface area (Å²) in [4.78, 5) is 2.48. The van der Waals surface area contributed by atoms with Crippen molar-refractivity contribution in [3.63, 3.8) is 0 Å². The first kappa shape index (κ1) is 24.0. The third-order valence-corrected chi connectivity index (χ3v) is 5.74. The van der Waals surface area contributed by atoms with Gasteiger partial charge in [0.15, 0.2) is 0 Å². The Kier molecular flexibility index (Phi) is 9.96. The number of aliphatic hydroxyl groups is 1. The number of benzene rings is 2. The molecule has 30 heavy (non-hydrogen) atoms. The molecular weight excluding hydrogens is 370 g/mol. The molecule has 0 heterocycles. The SMILES string of the molecule is CCCCN(CCCC)c1ccc(C=Cc2cc(C)c(CO)cc2CC)c(OC)c1. The maximum absolute atomic E-state index is 9.55. The molecule has 2 aromatic rings. The summed E-state index contributed by atoms with van der Waals surface area (Å²) in [5, 5.41) is 9.55. The van der Waals surface area contributed by atoms with Gasteiger partial charge in [-0.2, -0.15) is 0 Å². The molecule has 0 atom stereocenters. The lowest BCUT2D eigenvalue weighted by Gasteiger charge is -2.25. The van der Waals surface area contributed by atoms with E-state index in [1.165, 1.54) is 42.5 Å². The van der Waals surface area contributed by atoms with E-state index in [2.05, 4.69) is 75.1 Å². The number of aryl methyl sites for hydroxylation is 2. The number of nitrogens with zero attached hydrogens (tertiary/aromatic N) is 1. The van der Waals surface area contributed by atoms with E-state index in [0.29, 0.717) is 0 Å². The zero-order chi connectivity index (χ0) is 21.9. The summed E-state index contributed by atoms with van der Waals surface area (Å²) in [6.07, 6.45) is 10.1. The molecule has 0 aliphatic heterocycles. The van der Waals surface area contributed by atoms with Gasteiger partial charge >= 0.3 is 0 Å². The van der Waals surface area contributed by atoms with Crippen molar-refractivity contribution >= 4 is 17.8 Å². The Hall–Kier alpha value is -2.26. The van der Waals surface area contributed by atoms with Crippen LogP contribution < -0.4 is 9.64 Å². The summed E-state index contributed by atoms with van der Waals surface area (Å²) in [6, 6.07) is 10.8. The fourth-order valence-electron chi connectivity index (χ4n) is 3.74. The van der Waals surface area contributed by atoms with Crippen molar-refractivity contribution in [2.24, 2.45) is 0 Å². The summed E-state index contributed by atoms with van der Waals surface area (Å²) in [5.74, 6) is 0.906. The second-order valence-corrected chi connectivity index (χ2v) is 7.94. The van der Waals surface area contributed by atoms with Crippen LogP contribution in [-0.2, 0) is 13.0 Å². The first-order valence-electron chi connectivity index (χ1n) is 11.4. The van der Waals surface area contributed by atoms with E-state index in [-0.39, 0.29) is 6.61 Å². The number of unbranched alkanes of at least 4 members (excludes halogenated alkanes) is 2. The van der Waals surface area contributed by atoms with Crippen molar-refractivity contribution in [2.75, 3.05) is 25.1 Å². The summed E-state index contributed by atoms with van der Waals surface area (Å²) in [5.41, 5.74) is 6.90. The standard InChI is InChI=1S/C27H39NO2/c1-6-9-15-28(16-10-7-2)26-14-13-23(27(19-26)30-5)11-12-24-17-21(4)25(20-29)18-22(24)8-3/h11-14,17-19,29H,6-10,15-16,20H2,1-5H3. The summed E-state index contributed by atoms with van der Waals surface area (Å²) in [7, 11) is 1.75. The van der Waals surface area contributed by atoms with Gasteiger partial charge in [0.05, 0.1) is 13.7 Å². The van der Waals surface area contributed by atoms with Crippen molar-refractivity contribution < 1.29 is 9.84 Å². The molecule has 0 unspecified atom stereocenters. The monoisotopic (exact) mass is 409 g/mol. The summed E-state index contributed by atoms with van der Waals surface area (Å²) in [6.45, 7) is 11.0. The van der Waals surface area contributed by atoms with Gasteiger partial charge in [-0.25, -0.2) is 0 Å². The number of ether oxygens (including phenoxy) is 1. The van der Waals surface area contributed by atoms with Crippen LogP contribution in [0, 0.1) is 6.92 Å². The van der Waals surface area contributed by atoms with Gasteiger partial charge in [0, 0.05) is 30.4 Å². The lowest BCUT2D eigenvalue weighted by atomic mass is 9.97. The molecule has 3 heteroatoms. The molecule has 2 aromatic carbocycles. The number of rotatable bonds is 12. The molecule has 0 radical (unpaired) electrons. The average Bonchev–Trinajstić information content (AvgIpc) is 2.77. The van der Waals surface area contributed by atoms with E-state index < -0.39 is 0 Å². The van der Waals surface area contributed by atoms with Gasteiger partial charge in [0.25, 0.3) is 0 Å². The minimum atomic E-state index is 0.0880. The van der Waals surface area contributed by atoms with Crippen LogP contribution in [-0.4, -0.2) is 25.3 Å². The van der Waals surface area contributed by atoms with Crippen molar-refractivity contribution in [2.45, 2.75) is 66.4 Å². The lowest BCUT2D eigenvalue weighted by Crippen LogP contribution is -2.25. The third-order valence-electron chi connectivity index (χ3n) is 5.74. The van der Waals surface area contributed by atoms with Crippen LogP contribution in [0.25, 0.3) is 12.2 Å². The van der Waals surface area contributed by atoms with Crippen molar-refractivity contribution in [3.8, 4) is 5.75 Å². The average molecular weight is 410 g/mol. The molecule has 3 nitrogen and oxygen atoms in total. The molecule has 164 valence electrons. The molecule has 0 aromatic heterocycles. The first-order valence-corrected chi connectivity index (χ1v) is 11.4. The number of hydrogen-bond acceptors (Lipinski definition) is 3. The largest absolute Gasteiger partial charge is 0.496 e. The summed E-state index contributed by atoms with van der Waals surface area (Å²) < 4.78 is 5.74. The van der Waals surface area contributed by atoms with E-state index in [1.54, 1.807) is 7.11 Å². The fraction of sp³-hybridized carbons (Fsp3) is 0.481. The van der Waals surface area contributed by atoms with Crippen LogP contribution in [0.3, 0.4) is 0 Å². The quantitative estimate of drug-likeness (QED) is 0.399. The number of anilines is 1. The van der Waals surface area contributed by atoms with Gasteiger partial charge in [-0.15, -0.1) is 0 Å². The molecular formula is C27H39NO2. The number of methoxy groups -OCH3 is 1. The van der Waals surface area contributed by atoms with Gasteiger partial charge in [0.2, 0.25) is 0 Å². The fourth-order valence-corrected chi connectivity index (χ4v) is 3.74. The number of aliphatic hydroxyl groups excluding tert-OH is 1. The second kappa shape index (κ2) is 12.4. The second-order valence-electron chi connectivity index (χ2n) is 7.94. The minimum Gasteiger partial charge on any atom is -0.496 e. The smallest absolute Gasteiger partial charge is 0.128 e. The van der Waals surface area contributed by atoms with Gasteiger partial charge in [-0.3, -0.25) is 0 Å². The van der Waals surface area contributed by atoms with Crippen LogP contribution >= 0.6 is 0 Å². The van der Waals surface area contributed by atoms with E-state index in [1.807, 2.05) is 0 Å². The van der Waals surface area contributed by atoms with E-state index in [4.69, 9.17) is 4.74 Å². The molecule has 0 aliphatic rings. The zero-order valence-electron chi connectivity index (χ0n) is 19.5. The molecule has 0 saturated carbocycles. The van der Waals surface area contributed by atoms with Gasteiger partial charge in [0.1, 0.15) is 5.75 Å². The molecule has 1 N–H and O–H groups in total. The van der Waals surface area contributed by atoms with E-state index in [9.17, 15) is 5.11 Å².